The van der Waals surface area contributed by atoms with E-state index in [0.717, 1.165) is 5.69 Å². The molecule has 0 aliphatic carbocycles. The molecule has 0 aromatic heterocycles. The first kappa shape index (κ1) is 17.4. The molecule has 0 bridgehead atoms. The first-order valence-electron chi connectivity index (χ1n) is 7.20. The van der Waals surface area contributed by atoms with Crippen LogP contribution in [0.3, 0.4) is 0 Å². The zero-order valence-electron chi connectivity index (χ0n) is 13.2. The lowest BCUT2D eigenvalue weighted by Crippen LogP contribution is -2.32. The molecule has 1 rings (SSSR count). The molecule has 0 amide bonds. The lowest BCUT2D eigenvalue weighted by Gasteiger charge is -2.31. The van der Waals surface area contributed by atoms with Gasteiger partial charge in [0, 0.05) is 30.4 Å². The van der Waals surface area contributed by atoms with Crippen LogP contribution in [0.2, 0.25) is 0 Å². The molecule has 4 nitrogen and oxygen atoms in total. The monoisotopic (exact) mass is 291 g/mol. The van der Waals surface area contributed by atoms with Crippen molar-refractivity contribution in [2.45, 2.75) is 26.9 Å². The maximum Gasteiger partial charge on any atom is 0.182 e. The Morgan fingerprint density at radius 1 is 1.24 bits per heavy atom. The summed E-state index contributed by atoms with van der Waals surface area (Å²) in [6.07, 6.45) is 0.859. The number of aliphatic hydroxyl groups excluding tert-OH is 2. The van der Waals surface area contributed by atoms with E-state index in [1.54, 1.807) is 0 Å². The molecule has 116 valence electrons. The van der Waals surface area contributed by atoms with Crippen molar-refractivity contribution in [1.82, 2.24) is 0 Å². The van der Waals surface area contributed by atoms with Crippen molar-refractivity contribution >= 4 is 11.5 Å². The number of carbonyl (C=O) groups is 1. The Morgan fingerprint density at radius 2 is 1.81 bits per heavy atom. The number of ketones is 1. The van der Waals surface area contributed by atoms with Crippen LogP contribution in [-0.4, -0.2) is 35.8 Å². The molecule has 0 saturated heterocycles. The van der Waals surface area contributed by atoms with Crippen LogP contribution in [0.15, 0.2) is 42.1 Å². The van der Waals surface area contributed by atoms with Gasteiger partial charge in [0.25, 0.3) is 0 Å². The Balaban J connectivity index is 3.14. The molecule has 0 spiro atoms. The van der Waals surface area contributed by atoms with Crippen molar-refractivity contribution in [2.24, 2.45) is 11.8 Å². The molecule has 0 heterocycles. The number of benzene rings is 1. The molecule has 0 fully saturated rings. The Bertz CT molecular complexity index is 482. The highest BCUT2D eigenvalue weighted by Crippen LogP contribution is 2.27. The Morgan fingerprint density at radius 3 is 2.29 bits per heavy atom. The van der Waals surface area contributed by atoms with E-state index < -0.39 is 12.7 Å². The van der Waals surface area contributed by atoms with Gasteiger partial charge in [-0.25, -0.2) is 0 Å². The van der Waals surface area contributed by atoms with E-state index in [-0.39, 0.29) is 17.6 Å². The lowest BCUT2D eigenvalue weighted by molar-refractivity contribution is -0.117. The predicted molar refractivity (Wildman–Crippen MR) is 85.0 cm³/mol. The summed E-state index contributed by atoms with van der Waals surface area (Å²) in [4.78, 5) is 13.5. The molecular weight excluding hydrogens is 266 g/mol. The summed E-state index contributed by atoms with van der Waals surface area (Å²) in [7, 11) is 1.86. The number of para-hydroxylation sites is 1. The Labute approximate surface area is 126 Å². The van der Waals surface area contributed by atoms with E-state index in [1.165, 1.54) is 6.08 Å². The molecule has 2 atom stereocenters. The molecule has 1 aromatic rings. The predicted octanol–water partition coefficient (Wildman–Crippen LogP) is 2.22. The van der Waals surface area contributed by atoms with Crippen molar-refractivity contribution in [1.29, 1.82) is 0 Å². The first-order valence-corrected chi connectivity index (χ1v) is 7.20. The Hall–Kier alpha value is -1.65. The van der Waals surface area contributed by atoms with Crippen molar-refractivity contribution in [3.05, 3.63) is 42.1 Å². The molecule has 2 unspecified atom stereocenters. The highest BCUT2D eigenvalue weighted by molar-refractivity contribution is 5.91. The summed E-state index contributed by atoms with van der Waals surface area (Å²) >= 11 is 0. The van der Waals surface area contributed by atoms with E-state index in [9.17, 15) is 9.90 Å². The molecule has 0 radical (unpaired) electrons. The van der Waals surface area contributed by atoms with Crippen LogP contribution >= 0.6 is 0 Å². The van der Waals surface area contributed by atoms with Crippen LogP contribution in [0.1, 0.15) is 20.8 Å². The van der Waals surface area contributed by atoms with E-state index in [0.29, 0.717) is 5.70 Å². The normalized spacial score (nSPS) is 14.9. The smallest absolute Gasteiger partial charge is 0.182 e. The maximum atomic E-state index is 11.6. The summed E-state index contributed by atoms with van der Waals surface area (Å²) in [5, 5.41) is 19.3. The number of carbonyl (C=O) groups excluding carboxylic acids is 1. The van der Waals surface area contributed by atoms with E-state index in [4.69, 9.17) is 5.11 Å². The second kappa shape index (κ2) is 7.96. The summed E-state index contributed by atoms with van der Waals surface area (Å²) in [5.41, 5.74) is 1.62. The molecular formula is C17H25NO3. The van der Waals surface area contributed by atoms with Gasteiger partial charge < -0.3 is 15.1 Å². The lowest BCUT2D eigenvalue weighted by atomic mass is 9.90. The fourth-order valence-electron chi connectivity index (χ4n) is 2.30. The van der Waals surface area contributed by atoms with Gasteiger partial charge in [-0.3, -0.25) is 4.79 Å². The van der Waals surface area contributed by atoms with Gasteiger partial charge in [0.1, 0.15) is 6.61 Å². The second-order valence-corrected chi connectivity index (χ2v) is 5.61. The molecule has 0 saturated carbocycles. The minimum absolute atomic E-state index is 0.0804. The average molecular weight is 291 g/mol. The largest absolute Gasteiger partial charge is 0.392 e. The summed E-state index contributed by atoms with van der Waals surface area (Å²) < 4.78 is 0. The third kappa shape index (κ3) is 4.69. The minimum Gasteiger partial charge on any atom is -0.392 e. The number of hydrogen-bond acceptors (Lipinski definition) is 4. The summed E-state index contributed by atoms with van der Waals surface area (Å²) in [6.45, 7) is 5.24. The highest BCUT2D eigenvalue weighted by Gasteiger charge is 2.25. The van der Waals surface area contributed by atoms with Crippen molar-refractivity contribution < 1.29 is 15.0 Å². The van der Waals surface area contributed by atoms with Crippen LogP contribution in [0.25, 0.3) is 0 Å². The van der Waals surface area contributed by atoms with Gasteiger partial charge in [0.2, 0.25) is 0 Å². The third-order valence-corrected chi connectivity index (χ3v) is 3.66. The van der Waals surface area contributed by atoms with Crippen molar-refractivity contribution in [2.75, 3.05) is 18.6 Å². The minimum atomic E-state index is -0.561. The van der Waals surface area contributed by atoms with Crippen LogP contribution in [0.5, 0.6) is 0 Å². The van der Waals surface area contributed by atoms with Crippen molar-refractivity contribution in [3.8, 4) is 0 Å². The number of nitrogens with zero attached hydrogens (tertiary/aromatic N) is 1. The molecule has 2 N–H and O–H groups in total. The fraction of sp³-hybridized carbons (Fsp3) is 0.471. The number of aliphatic hydroxyl groups is 2. The van der Waals surface area contributed by atoms with Crippen LogP contribution in [0, 0.1) is 11.8 Å². The van der Waals surface area contributed by atoms with Gasteiger partial charge in [-0.15, -0.1) is 0 Å². The molecule has 0 aliphatic heterocycles. The van der Waals surface area contributed by atoms with Crippen LogP contribution in [0.4, 0.5) is 5.69 Å². The summed E-state index contributed by atoms with van der Waals surface area (Å²) in [6, 6.07) is 9.63. The quantitative estimate of drug-likeness (QED) is 0.756. The zero-order chi connectivity index (χ0) is 16.0. The van der Waals surface area contributed by atoms with E-state index >= 15 is 0 Å². The van der Waals surface area contributed by atoms with Gasteiger partial charge in [-0.05, 0) is 18.1 Å². The topological polar surface area (TPSA) is 60.8 Å². The number of anilines is 1. The van der Waals surface area contributed by atoms with Gasteiger partial charge in [-0.1, -0.05) is 39.0 Å². The number of hydrogen-bond donors (Lipinski definition) is 2. The van der Waals surface area contributed by atoms with E-state index in [2.05, 4.69) is 0 Å². The molecule has 1 aromatic carbocycles. The van der Waals surface area contributed by atoms with Crippen LogP contribution < -0.4 is 4.90 Å². The zero-order valence-corrected chi connectivity index (χ0v) is 13.2. The molecule has 21 heavy (non-hydrogen) atoms. The summed E-state index contributed by atoms with van der Waals surface area (Å²) in [5.74, 6) is -0.502. The fourth-order valence-corrected chi connectivity index (χ4v) is 2.30. The maximum absolute atomic E-state index is 11.6. The molecule has 0 aliphatic rings. The van der Waals surface area contributed by atoms with Gasteiger partial charge in [0.05, 0.1) is 6.10 Å². The second-order valence-electron chi connectivity index (χ2n) is 5.61. The Kier molecular flexibility index (Phi) is 6.59. The molecule has 4 heteroatoms. The highest BCUT2D eigenvalue weighted by atomic mass is 16.3. The number of rotatable bonds is 7. The van der Waals surface area contributed by atoms with Gasteiger partial charge in [0.15, 0.2) is 5.78 Å². The first-order chi connectivity index (χ1) is 9.88. The van der Waals surface area contributed by atoms with Gasteiger partial charge >= 0.3 is 0 Å². The van der Waals surface area contributed by atoms with Gasteiger partial charge in [-0.2, -0.15) is 0 Å². The third-order valence-electron chi connectivity index (χ3n) is 3.66. The van der Waals surface area contributed by atoms with Crippen LogP contribution in [-0.2, 0) is 4.79 Å². The SMILES string of the molecule is CC(C)C(O)C(C)/C(=C/C(=O)CO)N(C)c1ccccc1. The van der Waals surface area contributed by atoms with Crippen molar-refractivity contribution in [3.63, 3.8) is 0 Å². The standard InChI is InChI=1S/C17H25NO3/c1-12(2)17(21)13(3)16(10-15(20)11-19)18(4)14-8-6-5-7-9-14/h5-10,12-13,17,19,21H,11H2,1-4H3/b16-10-. The average Bonchev–Trinajstić information content (AvgIpc) is 2.50. The van der Waals surface area contributed by atoms with E-state index in [1.807, 2.05) is 63.1 Å².